The van der Waals surface area contributed by atoms with Gasteiger partial charge in [0, 0.05) is 37.6 Å². The smallest absolute Gasteiger partial charge is 0.244 e. The molecule has 1 amide bonds. The van der Waals surface area contributed by atoms with Crippen LogP contribution in [0.25, 0.3) is 11.2 Å². The fourth-order valence-corrected chi connectivity index (χ4v) is 4.00. The Hall–Kier alpha value is -3.22. The number of anilines is 1. The standard InChI is InChI=1S/C20H21N7O2/c1-24-6-7-29-19(13-24)15-10-23-26(11-15)16-8-18-17(2-4-22-27(18)12-16)25-5-3-14(9-21)20(25)28/h2,4,8,10-12,14,19H,3,5-7,13H2,1H3. The third kappa shape index (κ3) is 3.06. The summed E-state index contributed by atoms with van der Waals surface area (Å²) in [5, 5.41) is 18.0. The first kappa shape index (κ1) is 17.8. The number of morpholine rings is 1. The number of aromatic nitrogens is 4. The van der Waals surface area contributed by atoms with E-state index in [-0.39, 0.29) is 12.0 Å². The van der Waals surface area contributed by atoms with Crippen LogP contribution in [0.2, 0.25) is 0 Å². The lowest BCUT2D eigenvalue weighted by atomic mass is 10.1. The molecular weight excluding hydrogens is 370 g/mol. The molecule has 148 valence electrons. The summed E-state index contributed by atoms with van der Waals surface area (Å²) >= 11 is 0. The largest absolute Gasteiger partial charge is 0.371 e. The number of hydrogen-bond acceptors (Lipinski definition) is 6. The molecular formula is C20H21N7O2. The van der Waals surface area contributed by atoms with Crippen molar-refractivity contribution in [1.82, 2.24) is 24.3 Å². The second kappa shape index (κ2) is 6.99. The molecule has 2 saturated heterocycles. The molecule has 2 aliphatic rings. The number of nitriles is 1. The highest BCUT2D eigenvalue weighted by Gasteiger charge is 2.33. The Bertz CT molecular complexity index is 1110. The van der Waals surface area contributed by atoms with Crippen molar-refractivity contribution in [3.8, 4) is 11.8 Å². The van der Waals surface area contributed by atoms with E-state index in [0.29, 0.717) is 19.6 Å². The predicted octanol–water partition coefficient (Wildman–Crippen LogP) is 1.40. The lowest BCUT2D eigenvalue weighted by molar-refractivity contribution is -0.118. The van der Waals surface area contributed by atoms with Gasteiger partial charge in [-0.3, -0.25) is 4.79 Å². The van der Waals surface area contributed by atoms with E-state index in [1.807, 2.05) is 30.7 Å². The van der Waals surface area contributed by atoms with Crippen molar-refractivity contribution in [2.75, 3.05) is 38.2 Å². The van der Waals surface area contributed by atoms with E-state index < -0.39 is 5.92 Å². The summed E-state index contributed by atoms with van der Waals surface area (Å²) in [5.74, 6) is -0.719. The van der Waals surface area contributed by atoms with Gasteiger partial charge in [0.25, 0.3) is 0 Å². The highest BCUT2D eigenvalue weighted by molar-refractivity contribution is 6.02. The molecule has 9 heteroatoms. The van der Waals surface area contributed by atoms with E-state index in [1.165, 1.54) is 0 Å². The van der Waals surface area contributed by atoms with E-state index in [9.17, 15) is 4.79 Å². The Balaban J connectivity index is 1.47. The van der Waals surface area contributed by atoms with Crippen LogP contribution < -0.4 is 4.90 Å². The summed E-state index contributed by atoms with van der Waals surface area (Å²) in [4.78, 5) is 16.4. The summed E-state index contributed by atoms with van der Waals surface area (Å²) in [6.07, 6.45) is 7.92. The maximum atomic E-state index is 12.5. The van der Waals surface area contributed by atoms with Crippen LogP contribution in [0.5, 0.6) is 0 Å². The third-order valence-electron chi connectivity index (χ3n) is 5.63. The van der Waals surface area contributed by atoms with Crippen molar-refractivity contribution in [2.24, 2.45) is 5.92 Å². The maximum absolute atomic E-state index is 12.5. The molecule has 2 atom stereocenters. The first-order chi connectivity index (χ1) is 14.1. The third-order valence-corrected chi connectivity index (χ3v) is 5.63. The van der Waals surface area contributed by atoms with Crippen molar-refractivity contribution in [1.29, 1.82) is 5.26 Å². The number of nitrogens with zero attached hydrogens (tertiary/aromatic N) is 7. The van der Waals surface area contributed by atoms with Crippen LogP contribution in [0.4, 0.5) is 5.69 Å². The highest BCUT2D eigenvalue weighted by atomic mass is 16.5. The zero-order valence-corrected chi connectivity index (χ0v) is 16.1. The van der Waals surface area contributed by atoms with Crippen LogP contribution in [0, 0.1) is 17.2 Å². The number of amides is 1. The average Bonchev–Trinajstić information content (AvgIpc) is 3.45. The Morgan fingerprint density at radius 2 is 2.17 bits per heavy atom. The molecule has 0 aliphatic carbocycles. The quantitative estimate of drug-likeness (QED) is 0.670. The molecule has 0 N–H and O–H groups in total. The second-order valence-corrected chi connectivity index (χ2v) is 7.54. The minimum atomic E-state index is -0.569. The molecule has 29 heavy (non-hydrogen) atoms. The zero-order valence-electron chi connectivity index (χ0n) is 16.1. The number of rotatable bonds is 3. The number of fused-ring (bicyclic) bond motifs is 1. The van der Waals surface area contributed by atoms with Gasteiger partial charge in [0.05, 0.1) is 48.1 Å². The molecule has 5 rings (SSSR count). The lowest BCUT2D eigenvalue weighted by Crippen LogP contribution is -2.35. The van der Waals surface area contributed by atoms with Crippen molar-refractivity contribution < 1.29 is 9.53 Å². The summed E-state index contributed by atoms with van der Waals surface area (Å²) in [7, 11) is 2.09. The van der Waals surface area contributed by atoms with Gasteiger partial charge in [-0.2, -0.15) is 15.5 Å². The van der Waals surface area contributed by atoms with Gasteiger partial charge in [-0.15, -0.1) is 0 Å². The molecule has 3 aromatic rings. The first-order valence-electron chi connectivity index (χ1n) is 9.67. The fourth-order valence-electron chi connectivity index (χ4n) is 4.00. The van der Waals surface area contributed by atoms with E-state index in [4.69, 9.17) is 10.00 Å². The Labute approximate surface area is 167 Å². The topological polar surface area (TPSA) is 91.7 Å². The van der Waals surface area contributed by atoms with Crippen molar-refractivity contribution in [2.45, 2.75) is 12.5 Å². The van der Waals surface area contributed by atoms with Crippen LogP contribution in [0.15, 0.2) is 36.9 Å². The molecule has 9 nitrogen and oxygen atoms in total. The summed E-state index contributed by atoms with van der Waals surface area (Å²) in [6, 6.07) is 5.86. The normalized spacial score (nSPS) is 23.0. The zero-order chi connectivity index (χ0) is 20.0. The van der Waals surface area contributed by atoms with Crippen LogP contribution in [0.3, 0.4) is 0 Å². The molecule has 0 aromatic carbocycles. The van der Waals surface area contributed by atoms with Crippen LogP contribution in [-0.4, -0.2) is 63.5 Å². The Morgan fingerprint density at radius 3 is 2.97 bits per heavy atom. The van der Waals surface area contributed by atoms with E-state index in [0.717, 1.165) is 35.5 Å². The van der Waals surface area contributed by atoms with Gasteiger partial charge in [-0.25, -0.2) is 9.20 Å². The molecule has 0 saturated carbocycles. The number of likely N-dealkylation sites (N-methyl/N-ethyl adjacent to an activating group) is 1. The fraction of sp³-hybridized carbons (Fsp3) is 0.400. The predicted molar refractivity (Wildman–Crippen MR) is 105 cm³/mol. The van der Waals surface area contributed by atoms with Crippen molar-refractivity contribution >= 4 is 17.1 Å². The minimum absolute atomic E-state index is 0.0124. The van der Waals surface area contributed by atoms with Crippen LogP contribution in [0.1, 0.15) is 18.1 Å². The molecule has 3 aromatic heterocycles. The van der Waals surface area contributed by atoms with Gasteiger partial charge in [-0.05, 0) is 25.6 Å². The summed E-state index contributed by atoms with van der Waals surface area (Å²) in [5.41, 5.74) is 3.45. The number of carbonyl (C=O) groups is 1. The molecule has 0 bridgehead atoms. The SMILES string of the molecule is CN1CCOC(c2cnn(-c3cc4c(N5CCC(C#N)C5=O)ccnn4c3)c2)C1. The van der Waals surface area contributed by atoms with E-state index in [2.05, 4.69) is 28.2 Å². The van der Waals surface area contributed by atoms with Gasteiger partial charge in [0.15, 0.2) is 0 Å². The molecule has 2 aliphatic heterocycles. The maximum Gasteiger partial charge on any atom is 0.244 e. The van der Waals surface area contributed by atoms with Gasteiger partial charge in [-0.1, -0.05) is 0 Å². The number of ether oxygens (including phenoxy) is 1. The molecule has 0 spiro atoms. The lowest BCUT2D eigenvalue weighted by Gasteiger charge is -2.29. The van der Waals surface area contributed by atoms with Crippen molar-refractivity contribution in [3.63, 3.8) is 0 Å². The van der Waals surface area contributed by atoms with Gasteiger partial charge >= 0.3 is 0 Å². The van der Waals surface area contributed by atoms with Crippen molar-refractivity contribution in [3.05, 3.63) is 42.5 Å². The second-order valence-electron chi connectivity index (χ2n) is 7.54. The number of hydrogen-bond donors (Lipinski definition) is 0. The van der Waals surface area contributed by atoms with Crippen LogP contribution in [-0.2, 0) is 9.53 Å². The molecule has 2 fully saturated rings. The van der Waals surface area contributed by atoms with Gasteiger partial charge in [0.2, 0.25) is 5.91 Å². The number of carbonyl (C=O) groups excluding carboxylic acids is 1. The van der Waals surface area contributed by atoms with E-state index >= 15 is 0 Å². The molecule has 2 unspecified atom stereocenters. The minimum Gasteiger partial charge on any atom is -0.371 e. The monoisotopic (exact) mass is 391 g/mol. The molecule has 0 radical (unpaired) electrons. The Morgan fingerprint density at radius 1 is 1.28 bits per heavy atom. The molecule has 5 heterocycles. The van der Waals surface area contributed by atoms with Gasteiger partial charge in [0.1, 0.15) is 5.92 Å². The summed E-state index contributed by atoms with van der Waals surface area (Å²) < 4.78 is 9.42. The highest BCUT2D eigenvalue weighted by Crippen LogP contribution is 2.30. The first-order valence-corrected chi connectivity index (χ1v) is 9.67. The van der Waals surface area contributed by atoms with Gasteiger partial charge < -0.3 is 14.5 Å². The van der Waals surface area contributed by atoms with E-state index in [1.54, 1.807) is 20.3 Å². The van der Waals surface area contributed by atoms with Crippen LogP contribution >= 0.6 is 0 Å². The average molecular weight is 391 g/mol. The Kier molecular flexibility index (Phi) is 4.30. The summed E-state index contributed by atoms with van der Waals surface area (Å²) in [6.45, 7) is 3.02.